The standard InChI is InChI=1S/C26H29ClN10/c1-5-17-15-37(24-9-7-19(13-28)32-33-24)11-10-23(17)35(3)25-21(27)14-29-26(31-25)30-18-6-8-20-16(2)36(4)34-22(20)12-18/h6-9,12,14,17,23H,5,10-11,15H2,1-4H3,(H,29,30,31). The van der Waals surface area contributed by atoms with Gasteiger partial charge < -0.3 is 15.1 Å². The molecule has 1 aromatic carbocycles. The molecule has 11 heteroatoms. The van der Waals surface area contributed by atoms with Gasteiger partial charge in [0.1, 0.15) is 11.1 Å². The third-order valence-electron chi connectivity index (χ3n) is 7.25. The Morgan fingerprint density at radius 1 is 1.24 bits per heavy atom. The van der Waals surface area contributed by atoms with Gasteiger partial charge in [0.2, 0.25) is 5.95 Å². The summed E-state index contributed by atoms with van der Waals surface area (Å²) in [7, 11) is 3.99. The van der Waals surface area contributed by atoms with Gasteiger partial charge in [-0.05, 0) is 56.0 Å². The number of fused-ring (bicyclic) bond motifs is 1. The third-order valence-corrected chi connectivity index (χ3v) is 7.52. The van der Waals surface area contributed by atoms with Gasteiger partial charge in [-0.3, -0.25) is 4.68 Å². The number of nitrogens with zero attached hydrogens (tertiary/aromatic N) is 9. The highest BCUT2D eigenvalue weighted by Gasteiger charge is 2.33. The van der Waals surface area contributed by atoms with E-state index in [1.54, 1.807) is 12.3 Å². The summed E-state index contributed by atoms with van der Waals surface area (Å²) in [5, 5.41) is 26.8. The summed E-state index contributed by atoms with van der Waals surface area (Å²) < 4.78 is 1.88. The Hall–Kier alpha value is -3.97. The van der Waals surface area contributed by atoms with Crippen molar-refractivity contribution in [2.45, 2.75) is 32.7 Å². The minimum atomic E-state index is 0.251. The second-order valence-electron chi connectivity index (χ2n) is 9.40. The first-order valence-corrected chi connectivity index (χ1v) is 12.7. The van der Waals surface area contributed by atoms with Crippen molar-refractivity contribution in [1.29, 1.82) is 5.26 Å². The maximum absolute atomic E-state index is 9.00. The number of aromatic nitrogens is 6. The van der Waals surface area contributed by atoms with Gasteiger partial charge in [-0.15, -0.1) is 10.2 Å². The summed E-state index contributed by atoms with van der Waals surface area (Å²) in [5.74, 6) is 2.35. The molecule has 37 heavy (non-hydrogen) atoms. The fraction of sp³-hybridized carbons (Fsp3) is 0.385. The molecule has 1 N–H and O–H groups in total. The van der Waals surface area contributed by atoms with Gasteiger partial charge in [0.05, 0.1) is 11.7 Å². The fourth-order valence-corrected chi connectivity index (χ4v) is 5.28. The molecule has 1 saturated heterocycles. The largest absolute Gasteiger partial charge is 0.355 e. The zero-order valence-corrected chi connectivity index (χ0v) is 22.1. The normalized spacial score (nSPS) is 17.6. The van der Waals surface area contributed by atoms with E-state index < -0.39 is 0 Å². The van der Waals surface area contributed by atoms with Crippen molar-refractivity contribution in [3.8, 4) is 6.07 Å². The van der Waals surface area contributed by atoms with Crippen LogP contribution < -0.4 is 15.1 Å². The van der Waals surface area contributed by atoms with E-state index in [4.69, 9.17) is 21.8 Å². The minimum Gasteiger partial charge on any atom is -0.355 e. The smallest absolute Gasteiger partial charge is 0.229 e. The van der Waals surface area contributed by atoms with Gasteiger partial charge in [0.25, 0.3) is 0 Å². The molecule has 0 spiro atoms. The number of hydrogen-bond donors (Lipinski definition) is 1. The lowest BCUT2D eigenvalue weighted by atomic mass is 9.89. The van der Waals surface area contributed by atoms with E-state index in [0.29, 0.717) is 28.4 Å². The van der Waals surface area contributed by atoms with Gasteiger partial charge in [-0.1, -0.05) is 18.5 Å². The molecule has 2 atom stereocenters. The van der Waals surface area contributed by atoms with Gasteiger partial charge in [0.15, 0.2) is 17.3 Å². The van der Waals surface area contributed by atoms with Crippen LogP contribution in [0, 0.1) is 24.2 Å². The minimum absolute atomic E-state index is 0.251. The highest BCUT2D eigenvalue weighted by Crippen LogP contribution is 2.33. The van der Waals surface area contributed by atoms with Crippen molar-refractivity contribution in [2.75, 3.05) is 35.3 Å². The second-order valence-corrected chi connectivity index (χ2v) is 9.81. The number of halogens is 1. The van der Waals surface area contributed by atoms with E-state index in [9.17, 15) is 0 Å². The first-order chi connectivity index (χ1) is 17.9. The van der Waals surface area contributed by atoms with Crippen molar-refractivity contribution >= 4 is 45.8 Å². The predicted octanol–water partition coefficient (Wildman–Crippen LogP) is 4.47. The Labute approximate surface area is 220 Å². The van der Waals surface area contributed by atoms with Crippen LogP contribution in [0.25, 0.3) is 10.9 Å². The zero-order valence-electron chi connectivity index (χ0n) is 21.4. The van der Waals surface area contributed by atoms with E-state index in [1.165, 1.54) is 0 Å². The third kappa shape index (κ3) is 4.87. The van der Waals surface area contributed by atoms with Gasteiger partial charge in [-0.2, -0.15) is 15.3 Å². The number of anilines is 4. The molecule has 0 saturated carbocycles. The Kier molecular flexibility index (Phi) is 6.80. The van der Waals surface area contributed by atoms with Crippen molar-refractivity contribution in [3.05, 3.63) is 52.9 Å². The molecule has 4 heterocycles. The van der Waals surface area contributed by atoms with E-state index in [1.807, 2.05) is 43.0 Å². The van der Waals surface area contributed by atoms with Crippen LogP contribution in [0.1, 0.15) is 31.2 Å². The summed E-state index contributed by atoms with van der Waals surface area (Å²) in [6.45, 7) is 5.91. The average molecular weight is 517 g/mol. The number of rotatable bonds is 6. The van der Waals surface area contributed by atoms with Crippen LogP contribution in [0.15, 0.2) is 36.5 Å². The lowest BCUT2D eigenvalue weighted by Gasteiger charge is -2.43. The SMILES string of the molecule is CCC1CN(c2ccc(C#N)nn2)CCC1N(C)c1nc(Nc2ccc3c(C)n(C)nc3c2)ncc1Cl. The number of nitrogens with one attached hydrogen (secondary N) is 1. The molecule has 4 aromatic rings. The molecular formula is C26H29ClN10. The summed E-state index contributed by atoms with van der Waals surface area (Å²) in [4.78, 5) is 13.6. The molecule has 0 radical (unpaired) electrons. The lowest BCUT2D eigenvalue weighted by molar-refractivity contribution is 0.335. The number of piperidine rings is 1. The maximum Gasteiger partial charge on any atom is 0.229 e. The monoisotopic (exact) mass is 516 g/mol. The van der Waals surface area contributed by atoms with Crippen molar-refractivity contribution in [1.82, 2.24) is 29.9 Å². The van der Waals surface area contributed by atoms with Crippen LogP contribution in [-0.2, 0) is 7.05 Å². The Morgan fingerprint density at radius 2 is 2.08 bits per heavy atom. The molecule has 1 aliphatic heterocycles. The maximum atomic E-state index is 9.00. The van der Waals surface area contributed by atoms with Crippen LogP contribution >= 0.6 is 11.6 Å². The van der Waals surface area contributed by atoms with E-state index in [-0.39, 0.29) is 6.04 Å². The lowest BCUT2D eigenvalue weighted by Crippen LogP contribution is -2.50. The van der Waals surface area contributed by atoms with E-state index in [2.05, 4.69) is 55.3 Å². The fourth-order valence-electron chi connectivity index (χ4n) is 5.05. The highest BCUT2D eigenvalue weighted by atomic mass is 35.5. The Bertz CT molecular complexity index is 1460. The molecule has 0 amide bonds. The Morgan fingerprint density at radius 3 is 2.81 bits per heavy atom. The van der Waals surface area contributed by atoms with Crippen LogP contribution in [0.3, 0.4) is 0 Å². The van der Waals surface area contributed by atoms with Gasteiger partial charge in [0, 0.05) is 50.0 Å². The summed E-state index contributed by atoms with van der Waals surface area (Å²) in [5.41, 5.74) is 3.23. The molecule has 5 rings (SSSR count). The Balaban J connectivity index is 1.33. The molecule has 3 aromatic heterocycles. The zero-order chi connectivity index (χ0) is 26.1. The van der Waals surface area contributed by atoms with Crippen LogP contribution in [0.4, 0.5) is 23.3 Å². The van der Waals surface area contributed by atoms with Gasteiger partial charge in [-0.25, -0.2) is 4.98 Å². The highest BCUT2D eigenvalue weighted by molar-refractivity contribution is 6.32. The topological polar surface area (TPSA) is 112 Å². The molecule has 0 aliphatic carbocycles. The van der Waals surface area contributed by atoms with Gasteiger partial charge >= 0.3 is 0 Å². The number of hydrogen-bond acceptors (Lipinski definition) is 9. The summed E-state index contributed by atoms with van der Waals surface area (Å²) in [6, 6.07) is 11.9. The van der Waals surface area contributed by atoms with E-state index in [0.717, 1.165) is 54.0 Å². The molecule has 2 unspecified atom stereocenters. The average Bonchev–Trinajstić information content (AvgIpc) is 3.21. The second kappa shape index (κ2) is 10.2. The van der Waals surface area contributed by atoms with Crippen LogP contribution in [0.5, 0.6) is 0 Å². The molecule has 1 aliphatic rings. The van der Waals surface area contributed by atoms with Crippen molar-refractivity contribution < 1.29 is 0 Å². The van der Waals surface area contributed by atoms with Crippen LogP contribution in [0.2, 0.25) is 5.02 Å². The first-order valence-electron chi connectivity index (χ1n) is 12.3. The summed E-state index contributed by atoms with van der Waals surface area (Å²) >= 11 is 6.59. The first kappa shape index (κ1) is 24.7. The van der Waals surface area contributed by atoms with E-state index >= 15 is 0 Å². The quantitative estimate of drug-likeness (QED) is 0.396. The molecule has 1 fully saturated rings. The van der Waals surface area contributed by atoms with Crippen LogP contribution in [-0.4, -0.2) is 56.1 Å². The number of nitriles is 1. The molecular weight excluding hydrogens is 488 g/mol. The molecule has 0 bridgehead atoms. The summed E-state index contributed by atoms with van der Waals surface area (Å²) in [6.07, 6.45) is 3.55. The number of aryl methyl sites for hydroxylation is 2. The van der Waals surface area contributed by atoms with Crippen molar-refractivity contribution in [3.63, 3.8) is 0 Å². The molecule has 190 valence electrons. The number of benzene rings is 1. The van der Waals surface area contributed by atoms with Crippen molar-refractivity contribution in [2.24, 2.45) is 13.0 Å². The molecule has 10 nitrogen and oxygen atoms in total. The predicted molar refractivity (Wildman–Crippen MR) is 145 cm³/mol.